The highest BCUT2D eigenvalue weighted by molar-refractivity contribution is 7.98. The zero-order valence-electron chi connectivity index (χ0n) is 15.0. The van der Waals surface area contributed by atoms with E-state index in [1.165, 1.54) is 25.4 Å². The molecule has 1 amide bonds. The van der Waals surface area contributed by atoms with E-state index in [-0.39, 0.29) is 11.7 Å². The minimum atomic E-state index is -0.364. The Morgan fingerprint density at radius 2 is 2.04 bits per heavy atom. The van der Waals surface area contributed by atoms with Gasteiger partial charge in [0.2, 0.25) is 12.2 Å². The zero-order chi connectivity index (χ0) is 19.4. The van der Waals surface area contributed by atoms with E-state index in [0.29, 0.717) is 29.3 Å². The molecule has 2 heterocycles. The molecule has 0 unspecified atom stereocenters. The van der Waals surface area contributed by atoms with E-state index >= 15 is 0 Å². The number of amides is 1. The molecular formula is C19H19FN4O2S. The van der Waals surface area contributed by atoms with Crippen molar-refractivity contribution >= 4 is 23.5 Å². The standard InChI is InChI=1S/C19H19FN4O2S/c1-13(25)22-17-11-15(7-8-21-17)18-19(14-3-5-16(20)6-4-14)24(26)12-23(18)9-10-27-2/h3-8,11-12H,9-10H2,1-2H3,(H,21,22,25). The Hall–Kier alpha value is -2.87. The first kappa shape index (κ1) is 18.9. The molecule has 0 atom stereocenters. The number of carbonyl (C=O) groups excluding carboxylic acids is 1. The lowest BCUT2D eigenvalue weighted by molar-refractivity contribution is -0.593. The Morgan fingerprint density at radius 3 is 2.70 bits per heavy atom. The fourth-order valence-electron chi connectivity index (χ4n) is 2.84. The number of halogens is 1. The van der Waals surface area contributed by atoms with Crippen LogP contribution in [-0.4, -0.2) is 27.5 Å². The van der Waals surface area contributed by atoms with Crippen LogP contribution >= 0.6 is 11.8 Å². The molecule has 0 spiro atoms. The topological polar surface area (TPSA) is 73.9 Å². The molecular weight excluding hydrogens is 367 g/mol. The van der Waals surface area contributed by atoms with Crippen molar-refractivity contribution in [3.63, 3.8) is 0 Å². The van der Waals surface area contributed by atoms with Gasteiger partial charge in [-0.25, -0.2) is 18.7 Å². The number of thioether (sulfide) groups is 1. The molecule has 0 aliphatic rings. The van der Waals surface area contributed by atoms with Crippen LogP contribution in [0, 0.1) is 11.0 Å². The predicted molar refractivity (Wildman–Crippen MR) is 105 cm³/mol. The molecule has 2 aromatic heterocycles. The van der Waals surface area contributed by atoms with Crippen molar-refractivity contribution < 1.29 is 13.9 Å². The highest BCUT2D eigenvalue weighted by Crippen LogP contribution is 2.31. The molecule has 0 saturated carbocycles. The summed E-state index contributed by atoms with van der Waals surface area (Å²) < 4.78 is 16.0. The summed E-state index contributed by atoms with van der Waals surface area (Å²) in [5.41, 5.74) is 2.47. The van der Waals surface area contributed by atoms with Gasteiger partial charge in [0.1, 0.15) is 11.6 Å². The molecule has 3 aromatic rings. The minimum absolute atomic E-state index is 0.227. The molecule has 1 aromatic carbocycles. The molecule has 8 heteroatoms. The lowest BCUT2D eigenvalue weighted by atomic mass is 10.1. The van der Waals surface area contributed by atoms with Gasteiger partial charge in [0.15, 0.2) is 11.4 Å². The van der Waals surface area contributed by atoms with Crippen LogP contribution in [0.4, 0.5) is 10.2 Å². The summed E-state index contributed by atoms with van der Waals surface area (Å²) >= 11 is 1.67. The maximum Gasteiger partial charge on any atom is 0.247 e. The largest absolute Gasteiger partial charge is 0.710 e. The van der Waals surface area contributed by atoms with Crippen molar-refractivity contribution in [1.29, 1.82) is 0 Å². The third-order valence-corrected chi connectivity index (χ3v) is 4.56. The van der Waals surface area contributed by atoms with E-state index in [1.54, 1.807) is 42.2 Å². The van der Waals surface area contributed by atoms with Gasteiger partial charge in [0, 0.05) is 30.0 Å². The van der Waals surface area contributed by atoms with Crippen LogP contribution in [0.3, 0.4) is 0 Å². The van der Waals surface area contributed by atoms with Gasteiger partial charge in [-0.3, -0.25) is 4.79 Å². The first-order valence-electron chi connectivity index (χ1n) is 8.30. The van der Waals surface area contributed by atoms with Crippen LogP contribution in [0.25, 0.3) is 22.5 Å². The van der Waals surface area contributed by atoms with E-state index < -0.39 is 0 Å². The number of nitrogens with one attached hydrogen (secondary N) is 1. The van der Waals surface area contributed by atoms with Gasteiger partial charge in [0.25, 0.3) is 0 Å². The maximum atomic E-state index is 13.3. The number of anilines is 1. The third-order valence-electron chi connectivity index (χ3n) is 3.97. The highest BCUT2D eigenvalue weighted by atomic mass is 32.2. The third kappa shape index (κ3) is 4.28. The second-order valence-corrected chi connectivity index (χ2v) is 6.93. The summed E-state index contributed by atoms with van der Waals surface area (Å²) in [5.74, 6) is 0.639. The molecule has 0 saturated heterocycles. The normalized spacial score (nSPS) is 10.8. The summed E-state index contributed by atoms with van der Waals surface area (Å²) in [5, 5.41) is 15.3. The monoisotopic (exact) mass is 386 g/mol. The molecule has 6 nitrogen and oxygen atoms in total. The van der Waals surface area contributed by atoms with Crippen molar-refractivity contribution in [2.45, 2.75) is 13.5 Å². The quantitative estimate of drug-likeness (QED) is 0.521. The minimum Gasteiger partial charge on any atom is -0.710 e. The van der Waals surface area contributed by atoms with Gasteiger partial charge < -0.3 is 10.5 Å². The summed E-state index contributed by atoms with van der Waals surface area (Å²) in [6.45, 7) is 2.04. The Morgan fingerprint density at radius 1 is 1.30 bits per heavy atom. The van der Waals surface area contributed by atoms with Gasteiger partial charge in [-0.2, -0.15) is 11.8 Å². The van der Waals surface area contributed by atoms with Crippen LogP contribution in [0.5, 0.6) is 0 Å². The van der Waals surface area contributed by atoms with Crippen molar-refractivity contribution in [2.75, 3.05) is 17.3 Å². The molecule has 27 heavy (non-hydrogen) atoms. The van der Waals surface area contributed by atoms with Crippen molar-refractivity contribution in [3.05, 3.63) is 59.9 Å². The van der Waals surface area contributed by atoms with E-state index in [0.717, 1.165) is 16.0 Å². The molecule has 1 N–H and O–H groups in total. The molecule has 0 fully saturated rings. The molecule has 0 bridgehead atoms. The summed E-state index contributed by atoms with van der Waals surface area (Å²) in [6.07, 6.45) is 5.06. The zero-order valence-corrected chi connectivity index (χ0v) is 15.8. The number of aryl methyl sites for hydroxylation is 1. The number of rotatable bonds is 6. The Labute approximate surface area is 160 Å². The Kier molecular flexibility index (Phi) is 5.75. The SMILES string of the molecule is CSCCn1c[n+]([O-])c(-c2ccc(F)cc2)c1-c1ccnc(NC(C)=O)c1. The van der Waals surface area contributed by atoms with E-state index in [2.05, 4.69) is 10.3 Å². The van der Waals surface area contributed by atoms with E-state index in [1.807, 2.05) is 10.8 Å². The van der Waals surface area contributed by atoms with E-state index in [4.69, 9.17) is 0 Å². The molecule has 0 radical (unpaired) electrons. The van der Waals surface area contributed by atoms with Gasteiger partial charge in [-0.05, 0) is 42.7 Å². The van der Waals surface area contributed by atoms with Crippen LogP contribution in [0.15, 0.2) is 48.9 Å². The van der Waals surface area contributed by atoms with Crippen molar-refractivity contribution in [1.82, 2.24) is 9.55 Å². The van der Waals surface area contributed by atoms with Crippen LogP contribution in [-0.2, 0) is 11.3 Å². The Bertz CT molecular complexity index is 957. The number of hydrogen-bond acceptors (Lipinski definition) is 4. The van der Waals surface area contributed by atoms with Crippen LogP contribution in [0.2, 0.25) is 0 Å². The first-order chi connectivity index (χ1) is 13.0. The fraction of sp³-hybridized carbons (Fsp3) is 0.211. The summed E-state index contributed by atoms with van der Waals surface area (Å²) in [4.78, 5) is 15.5. The lowest BCUT2D eigenvalue weighted by Crippen LogP contribution is -2.25. The number of pyridine rings is 1. The number of nitrogens with zero attached hydrogens (tertiary/aromatic N) is 3. The van der Waals surface area contributed by atoms with Gasteiger partial charge >= 0.3 is 0 Å². The second-order valence-electron chi connectivity index (χ2n) is 5.94. The van der Waals surface area contributed by atoms with Gasteiger partial charge in [0.05, 0.1) is 6.54 Å². The predicted octanol–water partition coefficient (Wildman–Crippen LogP) is 3.31. The molecule has 0 aliphatic heterocycles. The number of carbonyl (C=O) groups is 1. The average molecular weight is 386 g/mol. The molecule has 140 valence electrons. The Balaban J connectivity index is 2.16. The lowest BCUT2D eigenvalue weighted by Gasteiger charge is -2.08. The fourth-order valence-corrected chi connectivity index (χ4v) is 3.22. The van der Waals surface area contributed by atoms with Gasteiger partial charge in [-0.1, -0.05) is 0 Å². The average Bonchev–Trinajstić information content (AvgIpc) is 2.96. The van der Waals surface area contributed by atoms with E-state index in [9.17, 15) is 14.4 Å². The second kappa shape index (κ2) is 8.22. The summed E-state index contributed by atoms with van der Waals surface area (Å²) in [6, 6.07) is 9.32. The van der Waals surface area contributed by atoms with Gasteiger partial charge in [-0.15, -0.1) is 0 Å². The number of aromatic nitrogens is 3. The number of imidazole rings is 1. The van der Waals surface area contributed by atoms with Crippen molar-refractivity contribution in [3.8, 4) is 22.5 Å². The van der Waals surface area contributed by atoms with Crippen LogP contribution < -0.4 is 10.0 Å². The maximum absolute atomic E-state index is 13.3. The smallest absolute Gasteiger partial charge is 0.247 e. The van der Waals surface area contributed by atoms with Crippen LogP contribution in [0.1, 0.15) is 6.92 Å². The number of benzene rings is 1. The highest BCUT2D eigenvalue weighted by Gasteiger charge is 2.24. The first-order valence-corrected chi connectivity index (χ1v) is 9.70. The summed E-state index contributed by atoms with van der Waals surface area (Å²) in [7, 11) is 0. The number of hydrogen-bond donors (Lipinski definition) is 1. The molecule has 0 aliphatic carbocycles. The molecule has 3 rings (SSSR count). The van der Waals surface area contributed by atoms with Crippen molar-refractivity contribution in [2.24, 2.45) is 0 Å².